The van der Waals surface area contributed by atoms with Crippen molar-refractivity contribution in [1.82, 2.24) is 29.9 Å². The third-order valence-corrected chi connectivity index (χ3v) is 5.89. The molecule has 3 N–H and O–H groups in total. The van der Waals surface area contributed by atoms with Gasteiger partial charge in [0.2, 0.25) is 11.8 Å². The van der Waals surface area contributed by atoms with Gasteiger partial charge in [-0.15, -0.1) is 5.10 Å². The second-order valence-electron chi connectivity index (χ2n) is 8.22. The molecule has 0 unspecified atom stereocenters. The molecule has 4 aromatic heterocycles. The lowest BCUT2D eigenvalue weighted by Gasteiger charge is -2.16. The standard InChI is InChI=1S/C24H25N7O2/c1-15-20(11-18(14-27-15)16-8-10-31-21(12-16)29-24(25)30-31)22(32)28-13-17-5-4-9-26-23(17)33-19-6-2-3-7-19/h4-5,8-12,14,19H,2-3,6-7,13H2,1H3,(H2,25,30)(H,28,32). The van der Waals surface area contributed by atoms with Crippen LogP contribution in [0.25, 0.3) is 16.8 Å². The number of anilines is 1. The number of carbonyl (C=O) groups is 1. The van der Waals surface area contributed by atoms with Crippen LogP contribution in [0.15, 0.2) is 48.9 Å². The Hall–Kier alpha value is -4.01. The highest BCUT2D eigenvalue weighted by molar-refractivity contribution is 5.96. The molecule has 1 aliphatic rings. The molecule has 1 saturated carbocycles. The summed E-state index contributed by atoms with van der Waals surface area (Å²) in [7, 11) is 0. The summed E-state index contributed by atoms with van der Waals surface area (Å²) in [6.45, 7) is 2.14. The summed E-state index contributed by atoms with van der Waals surface area (Å²) in [5, 5.41) is 7.08. The second kappa shape index (κ2) is 8.85. The van der Waals surface area contributed by atoms with Crippen LogP contribution in [-0.4, -0.2) is 36.6 Å². The molecular formula is C24H25N7O2. The van der Waals surface area contributed by atoms with Crippen LogP contribution in [0, 0.1) is 6.92 Å². The van der Waals surface area contributed by atoms with E-state index in [1.54, 1.807) is 23.1 Å². The van der Waals surface area contributed by atoms with Crippen LogP contribution in [-0.2, 0) is 6.54 Å². The Kier molecular flexibility index (Phi) is 5.60. The van der Waals surface area contributed by atoms with Gasteiger partial charge >= 0.3 is 0 Å². The highest BCUT2D eigenvalue weighted by Crippen LogP contribution is 2.25. The van der Waals surface area contributed by atoms with Gasteiger partial charge in [-0.3, -0.25) is 9.78 Å². The van der Waals surface area contributed by atoms with Gasteiger partial charge in [0.1, 0.15) is 6.10 Å². The van der Waals surface area contributed by atoms with Crippen molar-refractivity contribution >= 4 is 17.5 Å². The number of pyridine rings is 3. The van der Waals surface area contributed by atoms with E-state index in [4.69, 9.17) is 10.5 Å². The van der Waals surface area contributed by atoms with Gasteiger partial charge in [0, 0.05) is 36.3 Å². The summed E-state index contributed by atoms with van der Waals surface area (Å²) >= 11 is 0. The minimum Gasteiger partial charge on any atom is -0.474 e. The van der Waals surface area contributed by atoms with Crippen molar-refractivity contribution in [3.05, 3.63) is 65.7 Å². The van der Waals surface area contributed by atoms with Crippen LogP contribution in [0.1, 0.15) is 47.3 Å². The second-order valence-corrected chi connectivity index (χ2v) is 8.22. The van der Waals surface area contributed by atoms with Gasteiger partial charge in [0.25, 0.3) is 5.91 Å². The summed E-state index contributed by atoms with van der Waals surface area (Å²) in [6.07, 6.45) is 9.91. The number of nitrogens with two attached hydrogens (primary N) is 1. The third-order valence-electron chi connectivity index (χ3n) is 5.89. The quantitative estimate of drug-likeness (QED) is 0.469. The lowest BCUT2D eigenvalue weighted by atomic mass is 10.0. The molecule has 1 aliphatic carbocycles. The predicted octanol–water partition coefficient (Wildman–Crippen LogP) is 3.33. The molecule has 5 rings (SSSR count). The fourth-order valence-electron chi connectivity index (χ4n) is 4.10. The van der Waals surface area contributed by atoms with Crippen molar-refractivity contribution in [1.29, 1.82) is 0 Å². The van der Waals surface area contributed by atoms with E-state index in [2.05, 4.69) is 25.4 Å². The molecule has 1 fully saturated rings. The molecule has 1 amide bonds. The van der Waals surface area contributed by atoms with Crippen molar-refractivity contribution in [2.45, 2.75) is 45.3 Å². The molecule has 0 radical (unpaired) electrons. The lowest BCUT2D eigenvalue weighted by molar-refractivity contribution is 0.0949. The average molecular weight is 444 g/mol. The Morgan fingerprint density at radius 2 is 2.06 bits per heavy atom. The smallest absolute Gasteiger partial charge is 0.253 e. The largest absolute Gasteiger partial charge is 0.474 e. The van der Waals surface area contributed by atoms with Crippen LogP contribution in [0.2, 0.25) is 0 Å². The zero-order valence-electron chi connectivity index (χ0n) is 18.4. The summed E-state index contributed by atoms with van der Waals surface area (Å²) in [5.41, 5.74) is 10.0. The van der Waals surface area contributed by atoms with Crippen LogP contribution in [0.4, 0.5) is 5.95 Å². The SMILES string of the molecule is Cc1ncc(-c2ccn3nc(N)nc3c2)cc1C(=O)NCc1cccnc1OC1CCCC1. The van der Waals surface area contributed by atoms with Crippen LogP contribution >= 0.6 is 0 Å². The van der Waals surface area contributed by atoms with Gasteiger partial charge in [-0.1, -0.05) is 6.07 Å². The van der Waals surface area contributed by atoms with Crippen molar-refractivity contribution in [2.75, 3.05) is 5.73 Å². The Bertz CT molecular complexity index is 1310. The first-order chi connectivity index (χ1) is 16.1. The van der Waals surface area contributed by atoms with Crippen molar-refractivity contribution < 1.29 is 9.53 Å². The van der Waals surface area contributed by atoms with E-state index in [0.29, 0.717) is 29.3 Å². The molecular weight excluding hydrogens is 418 g/mol. The fourth-order valence-corrected chi connectivity index (χ4v) is 4.10. The van der Waals surface area contributed by atoms with Crippen LogP contribution < -0.4 is 15.8 Å². The van der Waals surface area contributed by atoms with Crippen molar-refractivity contribution in [3.8, 4) is 17.0 Å². The Balaban J connectivity index is 1.34. The molecule has 0 saturated heterocycles. The molecule has 9 nitrogen and oxygen atoms in total. The Morgan fingerprint density at radius 1 is 1.21 bits per heavy atom. The number of aryl methyl sites for hydroxylation is 1. The number of hydrogen-bond acceptors (Lipinski definition) is 7. The van der Waals surface area contributed by atoms with E-state index >= 15 is 0 Å². The molecule has 0 bridgehead atoms. The summed E-state index contributed by atoms with van der Waals surface area (Å²) in [4.78, 5) is 26.1. The highest BCUT2D eigenvalue weighted by Gasteiger charge is 2.19. The summed E-state index contributed by atoms with van der Waals surface area (Å²) < 4.78 is 7.69. The van der Waals surface area contributed by atoms with Gasteiger partial charge in [0.15, 0.2) is 5.65 Å². The number of nitrogens with zero attached hydrogens (tertiary/aromatic N) is 5. The van der Waals surface area contributed by atoms with Crippen LogP contribution in [0.3, 0.4) is 0 Å². The molecule has 0 atom stereocenters. The first kappa shape index (κ1) is 20.9. The molecule has 33 heavy (non-hydrogen) atoms. The number of carbonyl (C=O) groups excluding carboxylic acids is 1. The average Bonchev–Trinajstić information content (AvgIpc) is 3.46. The molecule has 9 heteroatoms. The number of rotatable bonds is 6. The first-order valence-electron chi connectivity index (χ1n) is 11.0. The number of aromatic nitrogens is 5. The maximum Gasteiger partial charge on any atom is 0.253 e. The van der Waals surface area contributed by atoms with Crippen LogP contribution in [0.5, 0.6) is 5.88 Å². The number of ether oxygens (including phenoxy) is 1. The monoisotopic (exact) mass is 443 g/mol. The number of fused-ring (bicyclic) bond motifs is 1. The normalized spacial score (nSPS) is 14.0. The summed E-state index contributed by atoms with van der Waals surface area (Å²) in [5.74, 6) is 0.598. The number of nitrogens with one attached hydrogen (secondary N) is 1. The van der Waals surface area contributed by atoms with E-state index in [1.807, 2.05) is 37.3 Å². The summed E-state index contributed by atoms with van der Waals surface area (Å²) in [6, 6.07) is 9.36. The molecule has 168 valence electrons. The lowest BCUT2D eigenvalue weighted by Crippen LogP contribution is -2.25. The molecule has 4 heterocycles. The van der Waals surface area contributed by atoms with Gasteiger partial charge in [-0.25, -0.2) is 9.50 Å². The van der Waals surface area contributed by atoms with Gasteiger partial charge < -0.3 is 15.8 Å². The van der Waals surface area contributed by atoms with Crippen molar-refractivity contribution in [2.24, 2.45) is 0 Å². The third kappa shape index (κ3) is 4.48. The van der Waals surface area contributed by atoms with Gasteiger partial charge in [-0.2, -0.15) is 4.98 Å². The van der Waals surface area contributed by atoms with Gasteiger partial charge in [0.05, 0.1) is 11.3 Å². The number of amides is 1. The fraction of sp³-hybridized carbons (Fsp3) is 0.292. The minimum absolute atomic E-state index is 0.203. The highest BCUT2D eigenvalue weighted by atomic mass is 16.5. The number of nitrogen functional groups attached to an aromatic ring is 1. The van der Waals surface area contributed by atoms with E-state index in [-0.39, 0.29) is 18.0 Å². The molecule has 0 aromatic carbocycles. The molecule has 0 spiro atoms. The minimum atomic E-state index is -0.203. The predicted molar refractivity (Wildman–Crippen MR) is 124 cm³/mol. The Labute approximate surface area is 191 Å². The van der Waals surface area contributed by atoms with E-state index < -0.39 is 0 Å². The van der Waals surface area contributed by atoms with E-state index in [1.165, 1.54) is 12.8 Å². The zero-order chi connectivity index (χ0) is 22.8. The molecule has 4 aromatic rings. The number of hydrogen-bond donors (Lipinski definition) is 2. The topological polar surface area (TPSA) is 120 Å². The maximum absolute atomic E-state index is 13.0. The molecule has 0 aliphatic heterocycles. The van der Waals surface area contributed by atoms with Crippen molar-refractivity contribution in [3.63, 3.8) is 0 Å². The van der Waals surface area contributed by atoms with E-state index in [0.717, 1.165) is 29.5 Å². The zero-order valence-corrected chi connectivity index (χ0v) is 18.4. The van der Waals surface area contributed by atoms with E-state index in [9.17, 15) is 4.79 Å². The Morgan fingerprint density at radius 3 is 2.91 bits per heavy atom. The maximum atomic E-state index is 13.0. The van der Waals surface area contributed by atoms with Gasteiger partial charge in [-0.05, 0) is 62.4 Å². The first-order valence-corrected chi connectivity index (χ1v) is 11.0.